The Morgan fingerprint density at radius 2 is 1.62 bits per heavy atom. The molecule has 1 saturated heterocycles. The normalized spacial score (nSPS) is 15.1. The van der Waals surface area contributed by atoms with Gasteiger partial charge in [0.25, 0.3) is 0 Å². The van der Waals surface area contributed by atoms with Crippen LogP contribution in [0, 0.1) is 13.8 Å². The molecule has 4 rings (SSSR count). The Kier molecular flexibility index (Phi) is 3.85. The third kappa shape index (κ3) is 2.94. The van der Waals surface area contributed by atoms with Crippen LogP contribution in [0.4, 0.5) is 10.9 Å². The number of anilines is 2. The van der Waals surface area contributed by atoms with Crippen LogP contribution in [-0.4, -0.2) is 55.5 Å². The van der Waals surface area contributed by atoms with E-state index in [4.69, 9.17) is 0 Å². The Balaban J connectivity index is 1.42. The zero-order chi connectivity index (χ0) is 16.5. The van der Waals surface area contributed by atoms with Crippen molar-refractivity contribution in [2.45, 2.75) is 13.8 Å². The number of hydrogen-bond donors (Lipinski definition) is 0. The van der Waals surface area contributed by atoms with Crippen molar-refractivity contribution in [3.8, 4) is 5.82 Å². The third-order valence-corrected chi connectivity index (χ3v) is 4.85. The molecule has 0 saturated carbocycles. The molecule has 3 aromatic rings. The Labute approximate surface area is 143 Å². The van der Waals surface area contributed by atoms with Gasteiger partial charge in [0.15, 0.2) is 11.6 Å². The maximum atomic E-state index is 4.46. The predicted molar refractivity (Wildman–Crippen MR) is 93.0 cm³/mol. The van der Waals surface area contributed by atoms with Crippen molar-refractivity contribution in [1.82, 2.24) is 29.3 Å². The minimum absolute atomic E-state index is 0.731. The summed E-state index contributed by atoms with van der Waals surface area (Å²) in [5.74, 6) is 2.47. The highest BCUT2D eigenvalue weighted by molar-refractivity contribution is 7.09. The molecular weight excluding hydrogens is 324 g/mol. The van der Waals surface area contributed by atoms with E-state index >= 15 is 0 Å². The van der Waals surface area contributed by atoms with Crippen LogP contribution in [0.2, 0.25) is 0 Å². The summed E-state index contributed by atoms with van der Waals surface area (Å²) in [5.41, 5.74) is 0.962. The van der Waals surface area contributed by atoms with Gasteiger partial charge < -0.3 is 9.80 Å². The standard InChI is InChI=1S/C15H18N8S/c1-11-5-6-23(19-11)14-4-3-13(17-18-14)21-7-9-22(10-8-21)15-16-12(2)20-24-15/h3-6H,7-10H2,1-2H3. The number of piperazine rings is 1. The van der Waals surface area contributed by atoms with Crippen LogP contribution in [0.25, 0.3) is 5.82 Å². The van der Waals surface area contributed by atoms with E-state index in [2.05, 4.69) is 34.5 Å². The first kappa shape index (κ1) is 15.0. The van der Waals surface area contributed by atoms with Gasteiger partial charge in [0, 0.05) is 43.9 Å². The van der Waals surface area contributed by atoms with E-state index in [1.54, 1.807) is 4.68 Å². The lowest BCUT2D eigenvalue weighted by atomic mass is 10.3. The molecule has 1 aliphatic rings. The monoisotopic (exact) mass is 342 g/mol. The van der Waals surface area contributed by atoms with Crippen molar-refractivity contribution < 1.29 is 0 Å². The molecule has 1 fully saturated rings. The molecule has 0 aromatic carbocycles. The molecular formula is C15H18N8S. The Hall–Kier alpha value is -2.55. The summed E-state index contributed by atoms with van der Waals surface area (Å²) in [6.45, 7) is 7.50. The molecule has 8 nitrogen and oxygen atoms in total. The van der Waals surface area contributed by atoms with Crippen LogP contribution in [0.1, 0.15) is 11.5 Å². The fraction of sp³-hybridized carbons (Fsp3) is 0.400. The maximum Gasteiger partial charge on any atom is 0.205 e. The second kappa shape index (κ2) is 6.16. The van der Waals surface area contributed by atoms with Crippen LogP contribution in [-0.2, 0) is 0 Å². The molecule has 124 valence electrons. The first-order valence-electron chi connectivity index (χ1n) is 7.85. The first-order chi connectivity index (χ1) is 11.7. The van der Waals surface area contributed by atoms with Gasteiger partial charge in [0.1, 0.15) is 5.82 Å². The highest BCUT2D eigenvalue weighted by Crippen LogP contribution is 2.20. The van der Waals surface area contributed by atoms with Gasteiger partial charge in [-0.25, -0.2) is 9.67 Å². The summed E-state index contributed by atoms with van der Waals surface area (Å²) >= 11 is 1.46. The van der Waals surface area contributed by atoms with Crippen molar-refractivity contribution in [2.24, 2.45) is 0 Å². The van der Waals surface area contributed by atoms with Crippen LogP contribution in [0.5, 0.6) is 0 Å². The molecule has 24 heavy (non-hydrogen) atoms. The highest BCUT2D eigenvalue weighted by Gasteiger charge is 2.20. The van der Waals surface area contributed by atoms with E-state index in [1.165, 1.54) is 11.5 Å². The molecule has 3 aromatic heterocycles. The SMILES string of the molecule is Cc1ccn(-c2ccc(N3CCN(c4nc(C)ns4)CC3)nn2)n1. The Morgan fingerprint density at radius 3 is 2.21 bits per heavy atom. The lowest BCUT2D eigenvalue weighted by molar-refractivity contribution is 0.640. The summed E-state index contributed by atoms with van der Waals surface area (Å²) < 4.78 is 5.99. The number of aryl methyl sites for hydroxylation is 2. The Bertz CT molecular complexity index is 816. The number of rotatable bonds is 3. The molecule has 0 unspecified atom stereocenters. The largest absolute Gasteiger partial charge is 0.352 e. The average Bonchev–Trinajstić information content (AvgIpc) is 3.24. The van der Waals surface area contributed by atoms with Gasteiger partial charge in [-0.3, -0.25) is 0 Å². The third-order valence-electron chi connectivity index (χ3n) is 3.98. The molecule has 0 bridgehead atoms. The van der Waals surface area contributed by atoms with E-state index in [1.807, 2.05) is 38.2 Å². The molecule has 0 aliphatic carbocycles. The smallest absolute Gasteiger partial charge is 0.205 e. The second-order valence-corrected chi connectivity index (χ2v) is 6.48. The second-order valence-electron chi connectivity index (χ2n) is 5.75. The predicted octanol–water partition coefficient (Wildman–Crippen LogP) is 1.46. The number of aromatic nitrogens is 6. The van der Waals surface area contributed by atoms with Gasteiger partial charge in [-0.2, -0.15) is 9.47 Å². The van der Waals surface area contributed by atoms with Crippen molar-refractivity contribution in [3.05, 3.63) is 35.9 Å². The maximum absolute atomic E-state index is 4.46. The molecule has 0 spiro atoms. The van der Waals surface area contributed by atoms with Gasteiger partial charge in [0.05, 0.1) is 5.69 Å². The zero-order valence-electron chi connectivity index (χ0n) is 13.6. The fourth-order valence-electron chi connectivity index (χ4n) is 2.69. The van der Waals surface area contributed by atoms with E-state index in [0.29, 0.717) is 0 Å². The summed E-state index contributed by atoms with van der Waals surface area (Å²) in [6.07, 6.45) is 1.89. The average molecular weight is 342 g/mol. The molecule has 0 radical (unpaired) electrons. The first-order valence-corrected chi connectivity index (χ1v) is 8.63. The minimum Gasteiger partial charge on any atom is -0.352 e. The summed E-state index contributed by atoms with van der Waals surface area (Å²) in [6, 6.07) is 5.91. The van der Waals surface area contributed by atoms with Crippen LogP contribution < -0.4 is 9.80 Å². The minimum atomic E-state index is 0.731. The van der Waals surface area contributed by atoms with Crippen LogP contribution >= 0.6 is 11.5 Å². The molecule has 4 heterocycles. The van der Waals surface area contributed by atoms with Crippen LogP contribution in [0.15, 0.2) is 24.4 Å². The van der Waals surface area contributed by atoms with Gasteiger partial charge in [-0.05, 0) is 32.0 Å². The lowest BCUT2D eigenvalue weighted by Gasteiger charge is -2.34. The summed E-state index contributed by atoms with van der Waals surface area (Å²) in [5, 5.41) is 14.0. The zero-order valence-corrected chi connectivity index (χ0v) is 14.4. The van der Waals surface area contributed by atoms with E-state index in [0.717, 1.165) is 54.5 Å². The van der Waals surface area contributed by atoms with Crippen molar-refractivity contribution in [3.63, 3.8) is 0 Å². The van der Waals surface area contributed by atoms with Gasteiger partial charge in [-0.15, -0.1) is 10.2 Å². The summed E-state index contributed by atoms with van der Waals surface area (Å²) in [7, 11) is 0. The molecule has 9 heteroatoms. The number of nitrogens with zero attached hydrogens (tertiary/aromatic N) is 8. The number of hydrogen-bond acceptors (Lipinski definition) is 8. The molecule has 0 atom stereocenters. The van der Waals surface area contributed by atoms with Crippen molar-refractivity contribution in [1.29, 1.82) is 0 Å². The fourth-order valence-corrected chi connectivity index (χ4v) is 3.42. The van der Waals surface area contributed by atoms with Gasteiger partial charge in [-0.1, -0.05) is 0 Å². The molecule has 1 aliphatic heterocycles. The quantitative estimate of drug-likeness (QED) is 0.713. The van der Waals surface area contributed by atoms with E-state index in [-0.39, 0.29) is 0 Å². The lowest BCUT2D eigenvalue weighted by Crippen LogP contribution is -2.46. The van der Waals surface area contributed by atoms with Gasteiger partial charge >= 0.3 is 0 Å². The van der Waals surface area contributed by atoms with Gasteiger partial charge in [0.2, 0.25) is 5.13 Å². The van der Waals surface area contributed by atoms with E-state index < -0.39 is 0 Å². The Morgan fingerprint density at radius 1 is 0.917 bits per heavy atom. The topological polar surface area (TPSA) is 75.9 Å². The van der Waals surface area contributed by atoms with Crippen LogP contribution in [0.3, 0.4) is 0 Å². The highest BCUT2D eigenvalue weighted by atomic mass is 32.1. The van der Waals surface area contributed by atoms with Crippen molar-refractivity contribution in [2.75, 3.05) is 36.0 Å². The summed E-state index contributed by atoms with van der Waals surface area (Å²) in [4.78, 5) is 8.98. The molecule has 0 N–H and O–H groups in total. The molecule has 0 amide bonds. The van der Waals surface area contributed by atoms with Crippen molar-refractivity contribution >= 4 is 22.5 Å². The van der Waals surface area contributed by atoms with E-state index in [9.17, 15) is 0 Å².